The summed E-state index contributed by atoms with van der Waals surface area (Å²) in [7, 11) is 0. The van der Waals surface area contributed by atoms with E-state index in [1.807, 2.05) is 43.9 Å². The van der Waals surface area contributed by atoms with Gasteiger partial charge in [0.15, 0.2) is 0 Å². The summed E-state index contributed by atoms with van der Waals surface area (Å²) in [4.78, 5) is 17.7. The first kappa shape index (κ1) is 21.8. The first-order valence-corrected chi connectivity index (χ1v) is 10.9. The summed E-state index contributed by atoms with van der Waals surface area (Å²) in [5.41, 5.74) is 7.86. The van der Waals surface area contributed by atoms with Crippen molar-refractivity contribution in [2.24, 2.45) is 0 Å². The zero-order valence-electron chi connectivity index (χ0n) is 19.0. The zero-order chi connectivity index (χ0) is 22.8. The lowest BCUT2D eigenvalue weighted by molar-refractivity contribution is 0.280. The number of hydrogen-bond donors (Lipinski definition) is 1. The third-order valence-electron chi connectivity index (χ3n) is 5.98. The maximum absolute atomic E-state index is 13.4. The Morgan fingerprint density at radius 3 is 2.34 bits per heavy atom. The van der Waals surface area contributed by atoms with Gasteiger partial charge in [0.25, 0.3) is 5.56 Å². The van der Waals surface area contributed by atoms with Gasteiger partial charge in [-0.3, -0.25) is 4.79 Å². The smallest absolute Gasteiger partial charge is 0.254 e. The first-order chi connectivity index (χ1) is 15.4. The molecule has 2 aromatic heterocycles. The van der Waals surface area contributed by atoms with Gasteiger partial charge in [0.05, 0.1) is 24.7 Å². The van der Waals surface area contributed by atoms with Crippen LogP contribution in [0.4, 0.5) is 0 Å². The van der Waals surface area contributed by atoms with Gasteiger partial charge in [-0.15, -0.1) is 0 Å². The van der Waals surface area contributed by atoms with E-state index in [1.54, 1.807) is 10.8 Å². The van der Waals surface area contributed by atoms with E-state index in [1.165, 1.54) is 5.56 Å². The third-order valence-corrected chi connectivity index (χ3v) is 5.98. The fraction of sp³-hybridized carbons (Fsp3) is 0.259. The van der Waals surface area contributed by atoms with Crippen LogP contribution in [0.25, 0.3) is 5.69 Å². The molecule has 0 saturated heterocycles. The summed E-state index contributed by atoms with van der Waals surface area (Å²) >= 11 is 0. The molecule has 0 unspecified atom stereocenters. The fourth-order valence-electron chi connectivity index (χ4n) is 4.12. The zero-order valence-corrected chi connectivity index (χ0v) is 19.0. The average molecular weight is 428 g/mol. The van der Waals surface area contributed by atoms with Crippen LogP contribution in [0.2, 0.25) is 0 Å². The van der Waals surface area contributed by atoms with E-state index in [-0.39, 0.29) is 18.2 Å². The molecule has 164 valence electrons. The van der Waals surface area contributed by atoms with E-state index in [0.717, 1.165) is 33.6 Å². The van der Waals surface area contributed by atoms with E-state index in [4.69, 9.17) is 0 Å². The Morgan fingerprint density at radius 2 is 1.72 bits per heavy atom. The molecule has 4 rings (SSSR count). The van der Waals surface area contributed by atoms with Crippen LogP contribution < -0.4 is 5.56 Å². The van der Waals surface area contributed by atoms with Gasteiger partial charge in [-0.05, 0) is 62.1 Å². The molecule has 0 amide bonds. The first-order valence-electron chi connectivity index (χ1n) is 10.9. The lowest BCUT2D eigenvalue weighted by atomic mass is 10.0. The highest BCUT2D eigenvalue weighted by Gasteiger charge is 2.15. The normalized spacial score (nSPS) is 12.2. The van der Waals surface area contributed by atoms with Gasteiger partial charge in [0.2, 0.25) is 0 Å². The van der Waals surface area contributed by atoms with Crippen LogP contribution in [0.5, 0.6) is 0 Å². The molecule has 1 atom stereocenters. The van der Waals surface area contributed by atoms with Crippen molar-refractivity contribution in [3.8, 4) is 5.69 Å². The highest BCUT2D eigenvalue weighted by Crippen LogP contribution is 2.21. The molecule has 0 bridgehead atoms. The summed E-state index contributed by atoms with van der Waals surface area (Å²) in [6.45, 7) is 7.99. The van der Waals surface area contributed by atoms with E-state index in [0.29, 0.717) is 12.0 Å². The van der Waals surface area contributed by atoms with Crippen LogP contribution in [0, 0.1) is 20.8 Å². The predicted octanol–water partition coefficient (Wildman–Crippen LogP) is 4.65. The lowest BCUT2D eigenvalue weighted by Gasteiger charge is -2.19. The lowest BCUT2D eigenvalue weighted by Crippen LogP contribution is -2.27. The molecule has 2 heterocycles. The molecule has 1 N–H and O–H groups in total. The molecule has 4 aromatic rings. The number of aliphatic hydroxyl groups is 1. The van der Waals surface area contributed by atoms with E-state index in [9.17, 15) is 9.90 Å². The highest BCUT2D eigenvalue weighted by atomic mass is 16.3. The number of rotatable bonds is 6. The minimum absolute atomic E-state index is 0.0257. The van der Waals surface area contributed by atoms with Gasteiger partial charge >= 0.3 is 0 Å². The van der Waals surface area contributed by atoms with Crippen molar-refractivity contribution in [2.45, 2.75) is 46.8 Å². The molecule has 0 spiro atoms. The standard InChI is InChI=1S/C27H29N3O2/c1-18-5-8-24(9-6-18)21(4)30-15-23(16-31)13-25(27(30)32)12-22-7-10-26(19(2)11-22)29-14-20(3)28-17-29/h5-11,13-15,17,21,31H,12,16H2,1-4H3/t21-/m0/s1. The number of aryl methyl sites for hydroxylation is 3. The number of benzene rings is 2. The van der Waals surface area contributed by atoms with Crippen molar-refractivity contribution in [1.82, 2.24) is 14.1 Å². The Hall–Kier alpha value is -3.44. The summed E-state index contributed by atoms with van der Waals surface area (Å²) in [6.07, 6.45) is 6.09. The number of nitrogens with zero attached hydrogens (tertiary/aromatic N) is 3. The minimum Gasteiger partial charge on any atom is -0.392 e. The van der Waals surface area contributed by atoms with Crippen molar-refractivity contribution in [3.63, 3.8) is 0 Å². The highest BCUT2D eigenvalue weighted by molar-refractivity contribution is 5.44. The summed E-state index contributed by atoms with van der Waals surface area (Å²) in [5, 5.41) is 9.82. The van der Waals surface area contributed by atoms with Crippen LogP contribution in [-0.2, 0) is 13.0 Å². The van der Waals surface area contributed by atoms with Crippen molar-refractivity contribution >= 4 is 0 Å². The second-order valence-electron chi connectivity index (χ2n) is 8.55. The second-order valence-corrected chi connectivity index (χ2v) is 8.55. The van der Waals surface area contributed by atoms with Crippen molar-refractivity contribution in [1.29, 1.82) is 0 Å². The van der Waals surface area contributed by atoms with Crippen molar-refractivity contribution in [3.05, 3.63) is 117 Å². The third kappa shape index (κ3) is 4.43. The quantitative estimate of drug-likeness (QED) is 0.487. The number of pyridine rings is 1. The number of imidazole rings is 1. The van der Waals surface area contributed by atoms with Crippen molar-refractivity contribution in [2.75, 3.05) is 0 Å². The maximum Gasteiger partial charge on any atom is 0.254 e. The summed E-state index contributed by atoms with van der Waals surface area (Å²) < 4.78 is 3.75. The Bertz CT molecular complexity index is 1300. The molecule has 5 heteroatoms. The molecule has 0 aliphatic carbocycles. The van der Waals surface area contributed by atoms with Crippen LogP contribution in [-0.4, -0.2) is 19.2 Å². The van der Waals surface area contributed by atoms with Gasteiger partial charge in [-0.2, -0.15) is 0 Å². The Kier molecular flexibility index (Phi) is 6.10. The molecular formula is C27H29N3O2. The monoisotopic (exact) mass is 427 g/mol. The van der Waals surface area contributed by atoms with E-state index in [2.05, 4.69) is 54.4 Å². The van der Waals surface area contributed by atoms with Crippen LogP contribution in [0.1, 0.15) is 52.0 Å². The summed E-state index contributed by atoms with van der Waals surface area (Å²) in [5.74, 6) is 0. The van der Waals surface area contributed by atoms with Gasteiger partial charge in [-0.1, -0.05) is 42.0 Å². The fourth-order valence-corrected chi connectivity index (χ4v) is 4.12. The number of aromatic nitrogens is 3. The molecule has 0 radical (unpaired) electrons. The molecule has 5 nitrogen and oxygen atoms in total. The average Bonchev–Trinajstić information content (AvgIpc) is 3.21. The van der Waals surface area contributed by atoms with Gasteiger partial charge in [0.1, 0.15) is 0 Å². The molecule has 0 aliphatic rings. The molecule has 0 fully saturated rings. The Morgan fingerprint density at radius 1 is 0.969 bits per heavy atom. The predicted molar refractivity (Wildman–Crippen MR) is 127 cm³/mol. The van der Waals surface area contributed by atoms with E-state index < -0.39 is 0 Å². The minimum atomic E-state index is -0.123. The van der Waals surface area contributed by atoms with Gasteiger partial charge < -0.3 is 14.2 Å². The topological polar surface area (TPSA) is 60.1 Å². The summed E-state index contributed by atoms with van der Waals surface area (Å²) in [6, 6.07) is 16.1. The molecule has 2 aromatic carbocycles. The largest absolute Gasteiger partial charge is 0.392 e. The molecule has 0 aliphatic heterocycles. The van der Waals surface area contributed by atoms with Crippen LogP contribution >= 0.6 is 0 Å². The molecular weight excluding hydrogens is 398 g/mol. The SMILES string of the molecule is Cc1ccc([C@H](C)n2cc(CO)cc(Cc3ccc(-n4cnc(C)c4)c(C)c3)c2=O)cc1. The Labute approximate surface area is 188 Å². The maximum atomic E-state index is 13.4. The van der Waals surface area contributed by atoms with Gasteiger partial charge in [-0.25, -0.2) is 4.98 Å². The van der Waals surface area contributed by atoms with Gasteiger partial charge in [0, 0.05) is 30.1 Å². The van der Waals surface area contributed by atoms with Crippen molar-refractivity contribution < 1.29 is 5.11 Å². The Balaban J connectivity index is 1.68. The van der Waals surface area contributed by atoms with Crippen LogP contribution in [0.15, 0.2) is 72.0 Å². The number of aliphatic hydroxyl groups excluding tert-OH is 1. The molecule has 32 heavy (non-hydrogen) atoms. The van der Waals surface area contributed by atoms with E-state index >= 15 is 0 Å². The molecule has 0 saturated carbocycles. The second kappa shape index (κ2) is 8.97. The van der Waals surface area contributed by atoms with Crippen LogP contribution in [0.3, 0.4) is 0 Å². The number of hydrogen-bond acceptors (Lipinski definition) is 3.